The standard InChI is InChI=1S/C13H12ClF2N3O/c1-19-11(7-10(18-19)13(15)16)17-12(20)6-8-3-2-4-9(14)5-8/h2-5,7,13H,6H2,1H3,(H,17,20). The molecule has 1 N–H and O–H groups in total. The second-order valence-electron chi connectivity index (χ2n) is 4.23. The molecule has 1 aromatic heterocycles. The Hall–Kier alpha value is -1.95. The zero-order valence-electron chi connectivity index (χ0n) is 10.6. The Morgan fingerprint density at radius 1 is 1.45 bits per heavy atom. The number of nitrogens with one attached hydrogen (secondary N) is 1. The molecule has 0 aliphatic rings. The molecule has 0 fully saturated rings. The fraction of sp³-hybridized carbons (Fsp3) is 0.231. The van der Waals surface area contributed by atoms with E-state index in [-0.39, 0.29) is 23.8 Å². The number of benzene rings is 1. The number of carbonyl (C=O) groups is 1. The summed E-state index contributed by atoms with van der Waals surface area (Å²) < 4.78 is 26.2. The molecule has 7 heteroatoms. The lowest BCUT2D eigenvalue weighted by atomic mass is 10.1. The van der Waals surface area contributed by atoms with Crippen LogP contribution in [0, 0.1) is 0 Å². The van der Waals surface area contributed by atoms with Crippen LogP contribution in [0.15, 0.2) is 30.3 Å². The first-order valence-electron chi connectivity index (χ1n) is 5.82. The van der Waals surface area contributed by atoms with Crippen molar-refractivity contribution in [2.45, 2.75) is 12.8 Å². The number of halogens is 3. The highest BCUT2D eigenvalue weighted by Crippen LogP contribution is 2.20. The van der Waals surface area contributed by atoms with Gasteiger partial charge in [-0.3, -0.25) is 9.48 Å². The summed E-state index contributed by atoms with van der Waals surface area (Å²) in [7, 11) is 1.49. The van der Waals surface area contributed by atoms with E-state index in [1.165, 1.54) is 11.7 Å². The van der Waals surface area contributed by atoms with Crippen LogP contribution in [0.1, 0.15) is 17.7 Å². The molecule has 0 unspecified atom stereocenters. The number of hydrogen-bond donors (Lipinski definition) is 1. The van der Waals surface area contributed by atoms with Gasteiger partial charge in [-0.25, -0.2) is 8.78 Å². The minimum absolute atomic E-state index is 0.107. The van der Waals surface area contributed by atoms with Crippen molar-refractivity contribution in [2.24, 2.45) is 7.05 Å². The zero-order chi connectivity index (χ0) is 14.7. The number of nitrogens with zero attached hydrogens (tertiary/aromatic N) is 2. The van der Waals surface area contributed by atoms with E-state index in [0.717, 1.165) is 11.6 Å². The van der Waals surface area contributed by atoms with Crippen LogP contribution in [0.3, 0.4) is 0 Å². The molecule has 0 atom stereocenters. The first-order valence-corrected chi connectivity index (χ1v) is 6.20. The quantitative estimate of drug-likeness (QED) is 0.942. The molecular formula is C13H12ClF2N3O. The van der Waals surface area contributed by atoms with Crippen molar-refractivity contribution in [3.05, 3.63) is 46.6 Å². The number of aryl methyl sites for hydroxylation is 1. The predicted molar refractivity (Wildman–Crippen MR) is 72.0 cm³/mol. The Bertz CT molecular complexity index is 628. The van der Waals surface area contributed by atoms with Crippen LogP contribution in [0.5, 0.6) is 0 Å². The number of amides is 1. The van der Waals surface area contributed by atoms with E-state index in [4.69, 9.17) is 11.6 Å². The lowest BCUT2D eigenvalue weighted by Crippen LogP contribution is -2.16. The highest BCUT2D eigenvalue weighted by Gasteiger charge is 2.15. The van der Waals surface area contributed by atoms with E-state index in [9.17, 15) is 13.6 Å². The zero-order valence-corrected chi connectivity index (χ0v) is 11.4. The number of rotatable bonds is 4. The molecule has 2 rings (SSSR count). The lowest BCUT2D eigenvalue weighted by Gasteiger charge is -2.05. The molecule has 0 saturated heterocycles. The summed E-state index contributed by atoms with van der Waals surface area (Å²) in [5, 5.41) is 6.69. The van der Waals surface area contributed by atoms with E-state index >= 15 is 0 Å². The van der Waals surface area contributed by atoms with E-state index in [1.807, 2.05) is 0 Å². The Labute approximate surface area is 119 Å². The van der Waals surface area contributed by atoms with Gasteiger partial charge in [-0.1, -0.05) is 23.7 Å². The maximum absolute atomic E-state index is 12.5. The van der Waals surface area contributed by atoms with E-state index in [0.29, 0.717) is 5.02 Å². The molecule has 1 heterocycles. The Morgan fingerprint density at radius 2 is 2.20 bits per heavy atom. The molecule has 2 aromatic rings. The van der Waals surface area contributed by atoms with Gasteiger partial charge in [0.05, 0.1) is 6.42 Å². The summed E-state index contributed by atoms with van der Waals surface area (Å²) in [6.45, 7) is 0. The van der Waals surface area contributed by atoms with Crippen LogP contribution in [-0.2, 0) is 18.3 Å². The molecule has 0 aliphatic carbocycles. The van der Waals surface area contributed by atoms with Gasteiger partial charge in [0.15, 0.2) is 0 Å². The van der Waals surface area contributed by atoms with Gasteiger partial charge in [0.25, 0.3) is 6.43 Å². The molecule has 20 heavy (non-hydrogen) atoms. The molecular weight excluding hydrogens is 288 g/mol. The highest BCUT2D eigenvalue weighted by atomic mass is 35.5. The topological polar surface area (TPSA) is 46.9 Å². The molecule has 1 amide bonds. The van der Waals surface area contributed by atoms with Gasteiger partial charge in [0.2, 0.25) is 5.91 Å². The normalized spacial score (nSPS) is 10.8. The van der Waals surface area contributed by atoms with Crippen LogP contribution in [-0.4, -0.2) is 15.7 Å². The van der Waals surface area contributed by atoms with Gasteiger partial charge >= 0.3 is 0 Å². The van der Waals surface area contributed by atoms with Crippen LogP contribution >= 0.6 is 11.6 Å². The summed E-state index contributed by atoms with van der Waals surface area (Å²) in [6.07, 6.45) is -2.56. The molecule has 4 nitrogen and oxygen atoms in total. The van der Waals surface area contributed by atoms with Crippen LogP contribution < -0.4 is 5.32 Å². The van der Waals surface area contributed by atoms with Crippen molar-refractivity contribution in [2.75, 3.05) is 5.32 Å². The third-order valence-corrected chi connectivity index (χ3v) is 2.88. The average molecular weight is 300 g/mol. The van der Waals surface area contributed by atoms with E-state index in [2.05, 4.69) is 10.4 Å². The molecule has 0 saturated carbocycles. The maximum atomic E-state index is 12.5. The number of carbonyl (C=O) groups excluding carboxylic acids is 1. The molecule has 0 radical (unpaired) electrons. The first kappa shape index (κ1) is 14.5. The molecule has 0 bridgehead atoms. The van der Waals surface area contributed by atoms with Crippen molar-refractivity contribution in [3.8, 4) is 0 Å². The van der Waals surface area contributed by atoms with Gasteiger partial charge in [-0.05, 0) is 17.7 Å². The largest absolute Gasteiger partial charge is 0.311 e. The Morgan fingerprint density at radius 3 is 2.80 bits per heavy atom. The van der Waals surface area contributed by atoms with Crippen LogP contribution in [0.4, 0.5) is 14.6 Å². The fourth-order valence-electron chi connectivity index (χ4n) is 1.73. The maximum Gasteiger partial charge on any atom is 0.282 e. The van der Waals surface area contributed by atoms with Crippen molar-refractivity contribution in [1.29, 1.82) is 0 Å². The summed E-state index contributed by atoms with van der Waals surface area (Å²) in [5.74, 6) is -0.0941. The van der Waals surface area contributed by atoms with E-state index < -0.39 is 6.43 Å². The molecule has 0 aliphatic heterocycles. The molecule has 106 valence electrons. The third kappa shape index (κ3) is 3.54. The second-order valence-corrected chi connectivity index (χ2v) is 4.67. The van der Waals surface area contributed by atoms with Gasteiger partial charge in [0, 0.05) is 18.1 Å². The van der Waals surface area contributed by atoms with E-state index in [1.54, 1.807) is 24.3 Å². The number of anilines is 1. The Balaban J connectivity index is 2.05. The third-order valence-electron chi connectivity index (χ3n) is 2.64. The van der Waals surface area contributed by atoms with Crippen molar-refractivity contribution in [1.82, 2.24) is 9.78 Å². The minimum Gasteiger partial charge on any atom is -0.311 e. The Kier molecular flexibility index (Phi) is 4.34. The van der Waals surface area contributed by atoms with Gasteiger partial charge in [-0.2, -0.15) is 5.10 Å². The lowest BCUT2D eigenvalue weighted by molar-refractivity contribution is -0.115. The van der Waals surface area contributed by atoms with Gasteiger partial charge < -0.3 is 5.32 Å². The van der Waals surface area contributed by atoms with Crippen LogP contribution in [0.25, 0.3) is 0 Å². The van der Waals surface area contributed by atoms with Crippen molar-refractivity contribution in [3.63, 3.8) is 0 Å². The minimum atomic E-state index is -2.67. The summed E-state index contributed by atoms with van der Waals surface area (Å²) in [4.78, 5) is 11.8. The monoisotopic (exact) mass is 299 g/mol. The van der Waals surface area contributed by atoms with Crippen LogP contribution in [0.2, 0.25) is 5.02 Å². The first-order chi connectivity index (χ1) is 9.45. The summed E-state index contributed by atoms with van der Waals surface area (Å²) >= 11 is 5.82. The predicted octanol–water partition coefficient (Wildman–Crippen LogP) is 3.19. The smallest absolute Gasteiger partial charge is 0.282 e. The second kappa shape index (κ2) is 6.00. The summed E-state index contributed by atoms with van der Waals surface area (Å²) in [6, 6.07) is 8.04. The van der Waals surface area contributed by atoms with Crippen molar-refractivity contribution >= 4 is 23.3 Å². The van der Waals surface area contributed by atoms with Gasteiger partial charge in [-0.15, -0.1) is 0 Å². The number of aromatic nitrogens is 2. The van der Waals surface area contributed by atoms with Crippen molar-refractivity contribution < 1.29 is 13.6 Å². The number of hydrogen-bond acceptors (Lipinski definition) is 2. The molecule has 0 spiro atoms. The highest BCUT2D eigenvalue weighted by molar-refractivity contribution is 6.30. The fourth-order valence-corrected chi connectivity index (χ4v) is 1.95. The average Bonchev–Trinajstić information content (AvgIpc) is 2.71. The molecule has 1 aromatic carbocycles. The SMILES string of the molecule is Cn1nc(C(F)F)cc1NC(=O)Cc1cccc(Cl)c1. The van der Waals surface area contributed by atoms with Gasteiger partial charge in [0.1, 0.15) is 11.5 Å². The number of alkyl halides is 2. The summed E-state index contributed by atoms with van der Waals surface area (Å²) in [5.41, 5.74) is 0.372.